The molecular weight excluding hydrogens is 647 g/mol. The Bertz CT molecular complexity index is 3060. The summed E-state index contributed by atoms with van der Waals surface area (Å²) < 4.78 is 6.31. The Morgan fingerprint density at radius 2 is 0.830 bits per heavy atom. The van der Waals surface area contributed by atoms with Gasteiger partial charge in [0, 0.05) is 27.5 Å². The van der Waals surface area contributed by atoms with Crippen LogP contribution in [0.2, 0.25) is 0 Å². The quantitative estimate of drug-likeness (QED) is 0.182. The van der Waals surface area contributed by atoms with Crippen molar-refractivity contribution in [1.29, 1.82) is 0 Å². The van der Waals surface area contributed by atoms with E-state index in [0.29, 0.717) is 17.5 Å². The second kappa shape index (κ2) is 11.7. The second-order valence-corrected chi connectivity index (χ2v) is 13.5. The molecule has 4 nitrogen and oxygen atoms in total. The highest BCUT2D eigenvalue weighted by atomic mass is 16.3. The van der Waals surface area contributed by atoms with E-state index in [1.165, 1.54) is 33.0 Å². The van der Waals surface area contributed by atoms with Gasteiger partial charge in [-0.1, -0.05) is 158 Å². The number of para-hydroxylation sites is 1. The molecule has 0 aliphatic heterocycles. The zero-order chi connectivity index (χ0) is 34.9. The van der Waals surface area contributed by atoms with Crippen molar-refractivity contribution in [2.75, 3.05) is 0 Å². The Morgan fingerprint density at radius 3 is 1.57 bits per heavy atom. The number of rotatable bonds is 5. The number of hydrogen-bond donors (Lipinski definition) is 0. The molecule has 0 saturated heterocycles. The number of fused-ring (bicyclic) bond motifs is 6. The maximum atomic E-state index is 6.31. The van der Waals surface area contributed by atoms with Crippen molar-refractivity contribution in [3.8, 4) is 78.7 Å². The summed E-state index contributed by atoms with van der Waals surface area (Å²) in [6, 6.07) is 61.5. The van der Waals surface area contributed by atoms with Gasteiger partial charge in [0.15, 0.2) is 17.5 Å². The average Bonchev–Trinajstić information content (AvgIpc) is 3.78. The number of aromatic nitrogens is 3. The lowest BCUT2D eigenvalue weighted by Crippen LogP contribution is -2.02. The fourth-order valence-corrected chi connectivity index (χ4v) is 8.14. The average molecular weight is 676 g/mol. The highest BCUT2D eigenvalue weighted by Crippen LogP contribution is 2.49. The van der Waals surface area contributed by atoms with Crippen LogP contribution in [-0.4, -0.2) is 15.0 Å². The van der Waals surface area contributed by atoms with Crippen LogP contribution in [-0.2, 0) is 0 Å². The van der Waals surface area contributed by atoms with Crippen LogP contribution in [0.25, 0.3) is 111 Å². The first-order valence-corrected chi connectivity index (χ1v) is 17.9. The Balaban J connectivity index is 1.15. The van der Waals surface area contributed by atoms with Gasteiger partial charge in [0.25, 0.3) is 0 Å². The summed E-state index contributed by atoms with van der Waals surface area (Å²) in [6.45, 7) is 0. The number of hydrogen-bond acceptors (Lipinski definition) is 4. The van der Waals surface area contributed by atoms with Crippen LogP contribution >= 0.6 is 0 Å². The fraction of sp³-hybridized carbons (Fsp3) is 0. The third-order valence-electron chi connectivity index (χ3n) is 10.5. The molecule has 1 aliphatic carbocycles. The van der Waals surface area contributed by atoms with Crippen LogP contribution in [0.5, 0.6) is 0 Å². The van der Waals surface area contributed by atoms with E-state index in [4.69, 9.17) is 19.4 Å². The minimum absolute atomic E-state index is 0.593. The van der Waals surface area contributed by atoms with E-state index < -0.39 is 0 Å². The lowest BCUT2D eigenvalue weighted by molar-refractivity contribution is 0.669. The van der Waals surface area contributed by atoms with Crippen LogP contribution in [0.1, 0.15) is 0 Å². The first kappa shape index (κ1) is 29.5. The maximum absolute atomic E-state index is 6.31. The molecular formula is C49H29N3O. The molecule has 8 aromatic carbocycles. The minimum atomic E-state index is 0.593. The standard InChI is InChI=1S/C49H29N3O/c1-2-13-30(14-3-1)33-17-4-6-19-38(33)47-50-48(52-49(51-47)41-24-12-26-44-46(41)40-21-8-9-25-43(40)53-44)39-20-7-5-18-34(39)32-27-28-35-36-22-10-15-31-16-11-23-37(45(31)36)42(35)29-32/h1-29H. The molecule has 0 amide bonds. The molecule has 0 saturated carbocycles. The van der Waals surface area contributed by atoms with E-state index in [-0.39, 0.29) is 0 Å². The molecule has 2 heterocycles. The zero-order valence-electron chi connectivity index (χ0n) is 28.5. The first-order chi connectivity index (χ1) is 26.3. The van der Waals surface area contributed by atoms with Crippen molar-refractivity contribution in [2.24, 2.45) is 0 Å². The maximum Gasteiger partial charge on any atom is 0.164 e. The summed E-state index contributed by atoms with van der Waals surface area (Å²) >= 11 is 0. The predicted octanol–water partition coefficient (Wildman–Crippen LogP) is 12.9. The normalized spacial score (nSPS) is 11.8. The summed E-state index contributed by atoms with van der Waals surface area (Å²) in [5.41, 5.74) is 13.8. The molecule has 0 N–H and O–H groups in total. The number of benzene rings is 8. The molecule has 0 unspecified atom stereocenters. The molecule has 4 heteroatoms. The molecule has 0 radical (unpaired) electrons. The predicted molar refractivity (Wildman–Crippen MR) is 216 cm³/mol. The molecule has 246 valence electrons. The Labute approximate surface area is 305 Å². The van der Waals surface area contributed by atoms with E-state index in [9.17, 15) is 0 Å². The first-order valence-electron chi connectivity index (χ1n) is 17.9. The third kappa shape index (κ3) is 4.66. The molecule has 2 aromatic heterocycles. The van der Waals surface area contributed by atoms with Crippen molar-refractivity contribution in [2.45, 2.75) is 0 Å². The second-order valence-electron chi connectivity index (χ2n) is 13.5. The zero-order valence-corrected chi connectivity index (χ0v) is 28.5. The van der Waals surface area contributed by atoms with Crippen LogP contribution in [0.4, 0.5) is 0 Å². The molecule has 0 spiro atoms. The minimum Gasteiger partial charge on any atom is -0.456 e. The summed E-state index contributed by atoms with van der Waals surface area (Å²) in [6.07, 6.45) is 0. The van der Waals surface area contributed by atoms with Gasteiger partial charge in [-0.25, -0.2) is 15.0 Å². The summed E-state index contributed by atoms with van der Waals surface area (Å²) in [7, 11) is 0. The van der Waals surface area contributed by atoms with Gasteiger partial charge in [-0.3, -0.25) is 0 Å². The van der Waals surface area contributed by atoms with Gasteiger partial charge >= 0.3 is 0 Å². The molecule has 0 bridgehead atoms. The smallest absolute Gasteiger partial charge is 0.164 e. The van der Waals surface area contributed by atoms with Crippen LogP contribution in [0.15, 0.2) is 180 Å². The van der Waals surface area contributed by atoms with E-state index in [2.05, 4.69) is 133 Å². The lowest BCUT2D eigenvalue weighted by atomic mass is 9.94. The van der Waals surface area contributed by atoms with Crippen LogP contribution < -0.4 is 0 Å². The van der Waals surface area contributed by atoms with E-state index >= 15 is 0 Å². The third-order valence-corrected chi connectivity index (χ3v) is 10.5. The van der Waals surface area contributed by atoms with Crippen molar-refractivity contribution in [3.05, 3.63) is 176 Å². The summed E-state index contributed by atoms with van der Waals surface area (Å²) in [4.78, 5) is 15.8. The SMILES string of the molecule is c1ccc(-c2ccccc2-c2nc(-c3ccccc3-c3ccc4c(c3)-c3cccc5cccc-4c35)nc(-c3cccc4oc5ccccc5c34)n2)cc1. The molecule has 0 atom stereocenters. The van der Waals surface area contributed by atoms with Crippen molar-refractivity contribution in [3.63, 3.8) is 0 Å². The van der Waals surface area contributed by atoms with E-state index in [0.717, 1.165) is 60.9 Å². The van der Waals surface area contributed by atoms with Gasteiger partial charge in [-0.2, -0.15) is 0 Å². The Hall–Kier alpha value is -7.17. The largest absolute Gasteiger partial charge is 0.456 e. The molecule has 53 heavy (non-hydrogen) atoms. The lowest BCUT2D eigenvalue weighted by Gasteiger charge is -2.15. The summed E-state index contributed by atoms with van der Waals surface area (Å²) in [5, 5.41) is 4.60. The molecule has 1 aliphatic rings. The van der Waals surface area contributed by atoms with Crippen molar-refractivity contribution < 1.29 is 4.42 Å². The van der Waals surface area contributed by atoms with Gasteiger partial charge in [-0.05, 0) is 73.5 Å². The Morgan fingerprint density at radius 1 is 0.302 bits per heavy atom. The number of nitrogens with zero attached hydrogens (tertiary/aromatic N) is 3. The van der Waals surface area contributed by atoms with Gasteiger partial charge < -0.3 is 4.42 Å². The van der Waals surface area contributed by atoms with Crippen molar-refractivity contribution >= 4 is 32.7 Å². The fourth-order valence-electron chi connectivity index (χ4n) is 8.14. The topological polar surface area (TPSA) is 51.8 Å². The highest BCUT2D eigenvalue weighted by molar-refractivity contribution is 6.16. The Kier molecular flexibility index (Phi) is 6.52. The van der Waals surface area contributed by atoms with E-state index in [1.807, 2.05) is 42.5 Å². The van der Waals surface area contributed by atoms with Gasteiger partial charge in [-0.15, -0.1) is 0 Å². The molecule has 10 aromatic rings. The monoisotopic (exact) mass is 675 g/mol. The highest BCUT2D eigenvalue weighted by Gasteiger charge is 2.24. The molecule has 11 rings (SSSR count). The number of furan rings is 1. The summed E-state index contributed by atoms with van der Waals surface area (Å²) in [5.74, 6) is 1.81. The molecule has 0 fully saturated rings. The van der Waals surface area contributed by atoms with Crippen LogP contribution in [0.3, 0.4) is 0 Å². The van der Waals surface area contributed by atoms with Crippen LogP contribution in [0, 0.1) is 0 Å². The van der Waals surface area contributed by atoms with Crippen molar-refractivity contribution in [1.82, 2.24) is 15.0 Å². The van der Waals surface area contributed by atoms with Gasteiger partial charge in [0.1, 0.15) is 11.2 Å². The van der Waals surface area contributed by atoms with E-state index in [1.54, 1.807) is 0 Å². The van der Waals surface area contributed by atoms with Gasteiger partial charge in [0.05, 0.1) is 0 Å². The van der Waals surface area contributed by atoms with Gasteiger partial charge in [0.2, 0.25) is 0 Å².